The standard InChI is InChI=1S/C19H17F3N2O3S/c1-11-16-10-15(8-12-4-3-7-24(17(12)16)18(11)25)28(26,27)23-14-6-2-5-13(9-14)19(20,21)22/h2,5-6,8-11,23H,3-4,7H2,1H3/t11-/m0/s1. The van der Waals surface area contributed by atoms with Crippen molar-refractivity contribution in [3.05, 3.63) is 53.1 Å². The predicted octanol–water partition coefficient (Wildman–Crippen LogP) is 3.90. The Morgan fingerprint density at radius 1 is 1.18 bits per heavy atom. The number of carbonyl (C=O) groups excluding carboxylic acids is 1. The number of benzene rings is 2. The Labute approximate surface area is 160 Å². The van der Waals surface area contributed by atoms with Crippen LogP contribution < -0.4 is 9.62 Å². The van der Waals surface area contributed by atoms with E-state index in [9.17, 15) is 26.4 Å². The predicted molar refractivity (Wildman–Crippen MR) is 97.8 cm³/mol. The molecule has 2 aromatic rings. The Balaban J connectivity index is 1.73. The molecule has 2 aliphatic rings. The van der Waals surface area contributed by atoms with Gasteiger partial charge in [0.15, 0.2) is 0 Å². The number of nitrogens with one attached hydrogen (secondary N) is 1. The molecule has 0 saturated carbocycles. The average Bonchev–Trinajstić information content (AvgIpc) is 2.88. The quantitative estimate of drug-likeness (QED) is 0.835. The third kappa shape index (κ3) is 3.03. The zero-order valence-corrected chi connectivity index (χ0v) is 15.7. The first kappa shape index (κ1) is 18.8. The average molecular weight is 410 g/mol. The van der Waals surface area contributed by atoms with Crippen molar-refractivity contribution in [2.45, 2.75) is 36.8 Å². The Morgan fingerprint density at radius 3 is 2.64 bits per heavy atom. The van der Waals surface area contributed by atoms with E-state index in [4.69, 9.17) is 0 Å². The molecule has 0 aromatic heterocycles. The monoisotopic (exact) mass is 410 g/mol. The third-order valence-corrected chi connectivity index (χ3v) is 6.51. The van der Waals surface area contributed by atoms with Crippen molar-refractivity contribution in [3.8, 4) is 0 Å². The minimum Gasteiger partial charge on any atom is -0.311 e. The molecule has 1 atom stereocenters. The van der Waals surface area contributed by atoms with Gasteiger partial charge in [0, 0.05) is 12.2 Å². The van der Waals surface area contributed by atoms with Crippen molar-refractivity contribution in [1.82, 2.24) is 0 Å². The van der Waals surface area contributed by atoms with Gasteiger partial charge in [0.25, 0.3) is 10.0 Å². The number of halogens is 3. The molecule has 0 saturated heterocycles. The van der Waals surface area contributed by atoms with Crippen LogP contribution in [-0.4, -0.2) is 20.9 Å². The molecular formula is C19H17F3N2O3S. The number of aryl methyl sites for hydroxylation is 1. The largest absolute Gasteiger partial charge is 0.416 e. The van der Waals surface area contributed by atoms with E-state index in [1.807, 2.05) is 0 Å². The Morgan fingerprint density at radius 2 is 1.93 bits per heavy atom. The molecule has 28 heavy (non-hydrogen) atoms. The summed E-state index contributed by atoms with van der Waals surface area (Å²) in [6, 6.07) is 6.99. The molecule has 0 aliphatic carbocycles. The molecule has 2 aromatic carbocycles. The van der Waals surface area contributed by atoms with E-state index in [2.05, 4.69) is 4.72 Å². The summed E-state index contributed by atoms with van der Waals surface area (Å²) in [4.78, 5) is 14.1. The van der Waals surface area contributed by atoms with Gasteiger partial charge in [-0.3, -0.25) is 9.52 Å². The molecule has 2 aliphatic heterocycles. The van der Waals surface area contributed by atoms with Crippen molar-refractivity contribution in [2.24, 2.45) is 0 Å². The van der Waals surface area contributed by atoms with Gasteiger partial charge in [0.05, 0.1) is 22.1 Å². The fraction of sp³-hybridized carbons (Fsp3) is 0.316. The van der Waals surface area contributed by atoms with Gasteiger partial charge in [-0.15, -0.1) is 0 Å². The van der Waals surface area contributed by atoms with E-state index in [1.165, 1.54) is 18.2 Å². The second-order valence-corrected chi connectivity index (χ2v) is 8.70. The van der Waals surface area contributed by atoms with E-state index in [0.717, 1.165) is 35.9 Å². The van der Waals surface area contributed by atoms with Crippen LogP contribution >= 0.6 is 0 Å². The highest BCUT2D eigenvalue weighted by Crippen LogP contribution is 2.44. The van der Waals surface area contributed by atoms with Crippen LogP contribution in [0, 0.1) is 0 Å². The molecule has 5 nitrogen and oxygen atoms in total. The highest BCUT2D eigenvalue weighted by atomic mass is 32.2. The number of nitrogens with zero attached hydrogens (tertiary/aromatic N) is 1. The summed E-state index contributed by atoms with van der Waals surface area (Å²) in [6.45, 7) is 2.34. The van der Waals surface area contributed by atoms with Crippen LogP contribution in [0.1, 0.15) is 36.0 Å². The highest BCUT2D eigenvalue weighted by molar-refractivity contribution is 7.92. The minimum absolute atomic E-state index is 0.0536. The molecule has 1 amide bonds. The van der Waals surface area contributed by atoms with Gasteiger partial charge in [-0.1, -0.05) is 6.07 Å². The van der Waals surface area contributed by atoms with Gasteiger partial charge in [-0.05, 0) is 61.2 Å². The van der Waals surface area contributed by atoms with Crippen molar-refractivity contribution in [2.75, 3.05) is 16.2 Å². The number of sulfonamides is 1. The fourth-order valence-corrected chi connectivity index (χ4v) is 4.93. The van der Waals surface area contributed by atoms with Crippen LogP contribution in [0.5, 0.6) is 0 Å². The molecule has 0 bridgehead atoms. The van der Waals surface area contributed by atoms with Gasteiger partial charge in [-0.2, -0.15) is 13.2 Å². The summed E-state index contributed by atoms with van der Waals surface area (Å²) < 4.78 is 66.5. The zero-order valence-electron chi connectivity index (χ0n) is 14.9. The molecule has 0 fully saturated rings. The van der Waals surface area contributed by atoms with Crippen LogP contribution in [0.3, 0.4) is 0 Å². The lowest BCUT2D eigenvalue weighted by atomic mass is 9.97. The van der Waals surface area contributed by atoms with Gasteiger partial charge >= 0.3 is 6.18 Å². The van der Waals surface area contributed by atoms with E-state index in [-0.39, 0.29) is 16.5 Å². The number of carbonyl (C=O) groups is 1. The Bertz CT molecular complexity index is 1080. The maximum absolute atomic E-state index is 12.9. The van der Waals surface area contributed by atoms with Gasteiger partial charge in [0.2, 0.25) is 5.91 Å². The molecule has 0 radical (unpaired) electrons. The third-order valence-electron chi connectivity index (χ3n) is 5.14. The van der Waals surface area contributed by atoms with E-state index in [0.29, 0.717) is 18.5 Å². The van der Waals surface area contributed by atoms with Crippen LogP contribution in [0.2, 0.25) is 0 Å². The summed E-state index contributed by atoms with van der Waals surface area (Å²) in [6.07, 6.45) is -3.19. The lowest BCUT2D eigenvalue weighted by Gasteiger charge is -2.26. The fourth-order valence-electron chi connectivity index (χ4n) is 3.79. The zero-order chi connectivity index (χ0) is 20.3. The van der Waals surface area contributed by atoms with Crippen LogP contribution in [0.15, 0.2) is 41.3 Å². The van der Waals surface area contributed by atoms with Crippen LogP contribution in [0.25, 0.3) is 0 Å². The van der Waals surface area contributed by atoms with E-state index < -0.39 is 27.7 Å². The Hall–Kier alpha value is -2.55. The second-order valence-electron chi connectivity index (χ2n) is 7.02. The number of hydrogen-bond donors (Lipinski definition) is 1. The van der Waals surface area contributed by atoms with Crippen molar-refractivity contribution >= 4 is 27.3 Å². The molecule has 1 N–H and O–H groups in total. The van der Waals surface area contributed by atoms with Crippen molar-refractivity contribution in [3.63, 3.8) is 0 Å². The second kappa shape index (κ2) is 6.23. The summed E-state index contributed by atoms with van der Waals surface area (Å²) in [7, 11) is -4.11. The lowest BCUT2D eigenvalue weighted by molar-refractivity contribution is -0.137. The number of rotatable bonds is 3. The first-order valence-corrected chi connectivity index (χ1v) is 10.2. The molecule has 0 spiro atoms. The van der Waals surface area contributed by atoms with Gasteiger partial charge in [-0.25, -0.2) is 8.42 Å². The number of alkyl halides is 3. The minimum atomic E-state index is -4.57. The van der Waals surface area contributed by atoms with E-state index >= 15 is 0 Å². The summed E-state index contributed by atoms with van der Waals surface area (Å²) in [5.74, 6) is -0.508. The van der Waals surface area contributed by atoms with Gasteiger partial charge < -0.3 is 4.90 Å². The van der Waals surface area contributed by atoms with E-state index in [1.54, 1.807) is 11.8 Å². The highest BCUT2D eigenvalue weighted by Gasteiger charge is 2.39. The maximum atomic E-state index is 12.9. The molecule has 4 rings (SSSR count). The number of amides is 1. The smallest absolute Gasteiger partial charge is 0.311 e. The first-order chi connectivity index (χ1) is 13.1. The summed E-state index contributed by atoms with van der Waals surface area (Å²) >= 11 is 0. The summed E-state index contributed by atoms with van der Waals surface area (Å²) in [5, 5.41) is 0. The lowest BCUT2D eigenvalue weighted by Crippen LogP contribution is -2.32. The van der Waals surface area contributed by atoms with Crippen molar-refractivity contribution < 1.29 is 26.4 Å². The molecule has 0 unspecified atom stereocenters. The summed E-state index contributed by atoms with van der Waals surface area (Å²) in [5.41, 5.74) is 1.08. The van der Waals surface area contributed by atoms with Crippen LogP contribution in [0.4, 0.5) is 24.5 Å². The number of hydrogen-bond acceptors (Lipinski definition) is 3. The van der Waals surface area contributed by atoms with Crippen LogP contribution in [-0.2, 0) is 27.4 Å². The SMILES string of the molecule is C[C@@H]1C(=O)N2CCCc3cc(S(=O)(=O)Nc4cccc(C(F)(F)F)c4)cc1c32. The first-order valence-electron chi connectivity index (χ1n) is 8.76. The molecule has 2 heterocycles. The number of anilines is 2. The normalized spacial score (nSPS) is 18.9. The Kier molecular flexibility index (Phi) is 4.18. The molecular weight excluding hydrogens is 393 g/mol. The maximum Gasteiger partial charge on any atom is 0.416 e. The molecule has 148 valence electrons. The van der Waals surface area contributed by atoms with Gasteiger partial charge in [0.1, 0.15) is 0 Å². The molecule has 9 heteroatoms. The topological polar surface area (TPSA) is 66.5 Å². The van der Waals surface area contributed by atoms with Crippen molar-refractivity contribution in [1.29, 1.82) is 0 Å².